The standard InChI is InChI=1S/C21H17N5/c1-2-24-20-18(17-8-7-14-5-3-4-6-16(14)13-17)19(25-21(22)26-20)15-9-11-23-12-10-15/h2-13H,1H2,(H3,22,24,25,26). The van der Waals surface area contributed by atoms with Crippen molar-refractivity contribution >= 4 is 22.5 Å². The minimum absolute atomic E-state index is 0.200. The third kappa shape index (κ3) is 2.86. The van der Waals surface area contributed by atoms with Crippen LogP contribution in [0.15, 0.2) is 79.8 Å². The molecule has 0 saturated heterocycles. The Hall–Kier alpha value is -3.73. The molecule has 5 heteroatoms. The number of nitrogens with two attached hydrogens (primary N) is 1. The Bertz CT molecular complexity index is 1090. The molecule has 0 spiro atoms. The van der Waals surface area contributed by atoms with Crippen LogP contribution in [0.1, 0.15) is 0 Å². The second-order valence-electron chi connectivity index (χ2n) is 5.80. The van der Waals surface area contributed by atoms with Gasteiger partial charge in [0.15, 0.2) is 0 Å². The molecule has 0 aliphatic carbocycles. The number of benzene rings is 2. The van der Waals surface area contributed by atoms with Crippen molar-refractivity contribution in [2.75, 3.05) is 11.1 Å². The molecule has 0 saturated carbocycles. The van der Waals surface area contributed by atoms with Crippen LogP contribution in [0.3, 0.4) is 0 Å². The monoisotopic (exact) mass is 339 g/mol. The number of nitrogens with zero attached hydrogens (tertiary/aromatic N) is 3. The van der Waals surface area contributed by atoms with Crippen molar-refractivity contribution in [2.45, 2.75) is 0 Å². The van der Waals surface area contributed by atoms with E-state index in [1.54, 1.807) is 18.6 Å². The van der Waals surface area contributed by atoms with Gasteiger partial charge in [-0.1, -0.05) is 43.0 Å². The molecule has 0 atom stereocenters. The van der Waals surface area contributed by atoms with Gasteiger partial charge in [0.25, 0.3) is 0 Å². The average Bonchev–Trinajstić information content (AvgIpc) is 2.68. The maximum Gasteiger partial charge on any atom is 0.222 e. The molecule has 5 nitrogen and oxygen atoms in total. The fourth-order valence-corrected chi connectivity index (χ4v) is 3.02. The number of nitrogen functional groups attached to an aromatic ring is 1. The highest BCUT2D eigenvalue weighted by molar-refractivity contribution is 5.94. The number of hydrogen-bond acceptors (Lipinski definition) is 5. The van der Waals surface area contributed by atoms with E-state index in [4.69, 9.17) is 5.73 Å². The second kappa shape index (κ2) is 6.64. The van der Waals surface area contributed by atoms with E-state index in [-0.39, 0.29) is 5.95 Å². The van der Waals surface area contributed by atoms with E-state index < -0.39 is 0 Å². The van der Waals surface area contributed by atoms with Gasteiger partial charge >= 0.3 is 0 Å². The quantitative estimate of drug-likeness (QED) is 0.572. The SMILES string of the molecule is C=CNc1nc(N)nc(-c2ccncc2)c1-c1ccc2ccccc2c1. The molecule has 2 aromatic heterocycles. The topological polar surface area (TPSA) is 76.7 Å². The number of fused-ring (bicyclic) bond motifs is 1. The van der Waals surface area contributed by atoms with Gasteiger partial charge in [-0.3, -0.25) is 4.98 Å². The van der Waals surface area contributed by atoms with Gasteiger partial charge in [-0.2, -0.15) is 4.98 Å². The van der Waals surface area contributed by atoms with E-state index in [1.165, 1.54) is 5.39 Å². The average molecular weight is 339 g/mol. The second-order valence-corrected chi connectivity index (χ2v) is 5.80. The zero-order valence-electron chi connectivity index (χ0n) is 14.1. The molecule has 0 aliphatic heterocycles. The number of hydrogen-bond donors (Lipinski definition) is 2. The Morgan fingerprint density at radius 1 is 0.885 bits per heavy atom. The summed E-state index contributed by atoms with van der Waals surface area (Å²) in [6.45, 7) is 3.75. The zero-order valence-corrected chi connectivity index (χ0v) is 14.1. The first-order valence-corrected chi connectivity index (χ1v) is 8.21. The van der Waals surface area contributed by atoms with Gasteiger partial charge in [-0.05, 0) is 40.7 Å². The third-order valence-corrected chi connectivity index (χ3v) is 4.16. The van der Waals surface area contributed by atoms with Crippen molar-refractivity contribution in [3.8, 4) is 22.4 Å². The van der Waals surface area contributed by atoms with Crippen LogP contribution in [0, 0.1) is 0 Å². The van der Waals surface area contributed by atoms with E-state index in [0.717, 1.165) is 27.8 Å². The molecule has 0 aliphatic rings. The lowest BCUT2D eigenvalue weighted by atomic mass is 9.97. The Kier molecular flexibility index (Phi) is 4.03. The molecule has 2 aromatic carbocycles. The number of rotatable bonds is 4. The highest BCUT2D eigenvalue weighted by Gasteiger charge is 2.17. The number of anilines is 2. The Labute approximate surface area is 151 Å². The summed E-state index contributed by atoms with van der Waals surface area (Å²) in [5.74, 6) is 0.820. The smallest absolute Gasteiger partial charge is 0.222 e. The fourth-order valence-electron chi connectivity index (χ4n) is 3.02. The van der Waals surface area contributed by atoms with Crippen LogP contribution in [-0.2, 0) is 0 Å². The van der Waals surface area contributed by atoms with Crippen LogP contribution in [0.2, 0.25) is 0 Å². The summed E-state index contributed by atoms with van der Waals surface area (Å²) in [6.07, 6.45) is 5.06. The molecule has 0 unspecified atom stereocenters. The van der Waals surface area contributed by atoms with Gasteiger partial charge in [-0.15, -0.1) is 0 Å². The number of nitrogens with one attached hydrogen (secondary N) is 1. The maximum absolute atomic E-state index is 5.95. The van der Waals surface area contributed by atoms with Crippen LogP contribution < -0.4 is 11.1 Å². The molecule has 0 bridgehead atoms. The van der Waals surface area contributed by atoms with Crippen LogP contribution in [-0.4, -0.2) is 15.0 Å². The summed E-state index contributed by atoms with van der Waals surface area (Å²) in [5.41, 5.74) is 9.49. The molecule has 0 fully saturated rings. The van der Waals surface area contributed by atoms with E-state index in [2.05, 4.69) is 57.2 Å². The molecule has 126 valence electrons. The van der Waals surface area contributed by atoms with E-state index in [1.807, 2.05) is 24.3 Å². The van der Waals surface area contributed by atoms with Crippen molar-refractivity contribution in [1.82, 2.24) is 15.0 Å². The van der Waals surface area contributed by atoms with Crippen molar-refractivity contribution < 1.29 is 0 Å². The zero-order chi connectivity index (χ0) is 17.9. The molecule has 2 heterocycles. The summed E-state index contributed by atoms with van der Waals surface area (Å²) < 4.78 is 0. The Balaban J connectivity index is 2.02. The largest absolute Gasteiger partial charge is 0.368 e. The van der Waals surface area contributed by atoms with Crippen LogP contribution in [0.4, 0.5) is 11.8 Å². The first kappa shape index (κ1) is 15.8. The van der Waals surface area contributed by atoms with Crippen molar-refractivity contribution in [3.05, 3.63) is 79.8 Å². The molecule has 26 heavy (non-hydrogen) atoms. The van der Waals surface area contributed by atoms with Crippen LogP contribution in [0.25, 0.3) is 33.2 Å². The minimum atomic E-state index is 0.200. The van der Waals surface area contributed by atoms with E-state index >= 15 is 0 Å². The normalized spacial score (nSPS) is 10.6. The summed E-state index contributed by atoms with van der Waals surface area (Å²) >= 11 is 0. The fraction of sp³-hybridized carbons (Fsp3) is 0. The van der Waals surface area contributed by atoms with Crippen molar-refractivity contribution in [2.24, 2.45) is 0 Å². The highest BCUT2D eigenvalue weighted by atomic mass is 15.1. The number of aromatic nitrogens is 3. The van der Waals surface area contributed by atoms with Gasteiger partial charge in [0, 0.05) is 18.0 Å². The molecule has 4 rings (SSSR count). The van der Waals surface area contributed by atoms with Gasteiger partial charge in [0.05, 0.1) is 11.3 Å². The summed E-state index contributed by atoms with van der Waals surface area (Å²) in [6, 6.07) is 18.3. The van der Waals surface area contributed by atoms with Crippen molar-refractivity contribution in [1.29, 1.82) is 0 Å². The third-order valence-electron chi connectivity index (χ3n) is 4.16. The molecular weight excluding hydrogens is 322 g/mol. The highest BCUT2D eigenvalue weighted by Crippen LogP contribution is 2.37. The van der Waals surface area contributed by atoms with Gasteiger partial charge in [-0.25, -0.2) is 4.98 Å². The molecule has 3 N–H and O–H groups in total. The predicted octanol–water partition coefficient (Wildman–Crippen LogP) is 4.50. The molecular formula is C21H17N5. The Morgan fingerprint density at radius 2 is 1.65 bits per heavy atom. The lowest BCUT2D eigenvalue weighted by Gasteiger charge is -2.15. The lowest BCUT2D eigenvalue weighted by Crippen LogP contribution is -2.04. The lowest BCUT2D eigenvalue weighted by molar-refractivity contribution is 1.19. The summed E-state index contributed by atoms with van der Waals surface area (Å²) in [5, 5.41) is 5.41. The van der Waals surface area contributed by atoms with Crippen LogP contribution >= 0.6 is 0 Å². The first-order chi connectivity index (χ1) is 12.8. The van der Waals surface area contributed by atoms with E-state index in [0.29, 0.717) is 5.82 Å². The Morgan fingerprint density at radius 3 is 2.42 bits per heavy atom. The molecule has 4 aromatic rings. The summed E-state index contributed by atoms with van der Waals surface area (Å²) in [4.78, 5) is 13.0. The molecule has 0 radical (unpaired) electrons. The van der Waals surface area contributed by atoms with Gasteiger partial charge in [0.2, 0.25) is 5.95 Å². The first-order valence-electron chi connectivity index (χ1n) is 8.21. The van der Waals surface area contributed by atoms with Gasteiger partial charge < -0.3 is 11.1 Å². The minimum Gasteiger partial charge on any atom is -0.368 e. The van der Waals surface area contributed by atoms with E-state index in [9.17, 15) is 0 Å². The number of pyridine rings is 1. The van der Waals surface area contributed by atoms with Crippen LogP contribution in [0.5, 0.6) is 0 Å². The molecule has 0 amide bonds. The van der Waals surface area contributed by atoms with Gasteiger partial charge in [0.1, 0.15) is 5.82 Å². The predicted molar refractivity (Wildman–Crippen MR) is 106 cm³/mol. The summed E-state index contributed by atoms with van der Waals surface area (Å²) in [7, 11) is 0. The van der Waals surface area contributed by atoms with Crippen molar-refractivity contribution in [3.63, 3.8) is 0 Å². The maximum atomic E-state index is 5.95.